The van der Waals surface area contributed by atoms with Crippen molar-refractivity contribution in [2.45, 2.75) is 51.2 Å². The smallest absolute Gasteiger partial charge is 0.274 e. The number of nitrogens with one attached hydrogen (secondary N) is 2. The van der Waals surface area contributed by atoms with Crippen LogP contribution in [0.4, 0.5) is 0 Å². The van der Waals surface area contributed by atoms with Crippen LogP contribution in [0, 0.1) is 0 Å². The molecule has 0 unspecified atom stereocenters. The van der Waals surface area contributed by atoms with Gasteiger partial charge in [-0.25, -0.2) is 5.84 Å². The van der Waals surface area contributed by atoms with Gasteiger partial charge in [-0.2, -0.15) is 0 Å². The van der Waals surface area contributed by atoms with Gasteiger partial charge in [0.05, 0.1) is 0 Å². The van der Waals surface area contributed by atoms with Gasteiger partial charge < -0.3 is 10.1 Å². The summed E-state index contributed by atoms with van der Waals surface area (Å²) in [6.07, 6.45) is 5.04. The second-order valence-corrected chi connectivity index (χ2v) is 5.60. The van der Waals surface area contributed by atoms with Crippen molar-refractivity contribution < 1.29 is 14.3 Å². The van der Waals surface area contributed by atoms with E-state index in [1.54, 1.807) is 31.2 Å². The quantitative estimate of drug-likeness (QED) is 0.436. The molecule has 6 heteroatoms. The largest absolute Gasteiger partial charge is 0.481 e. The molecule has 6 nitrogen and oxygen atoms in total. The summed E-state index contributed by atoms with van der Waals surface area (Å²) in [4.78, 5) is 23.5. The Hall–Kier alpha value is -2.08. The Morgan fingerprint density at radius 3 is 2.41 bits per heavy atom. The van der Waals surface area contributed by atoms with E-state index in [1.807, 2.05) is 5.43 Å². The van der Waals surface area contributed by atoms with Crippen molar-refractivity contribution in [3.05, 3.63) is 29.8 Å². The van der Waals surface area contributed by atoms with Gasteiger partial charge in [-0.05, 0) is 44.0 Å². The molecule has 1 saturated carbocycles. The number of rotatable bonds is 5. The predicted molar refractivity (Wildman–Crippen MR) is 83.2 cm³/mol. The zero-order chi connectivity index (χ0) is 15.9. The molecule has 0 spiro atoms. The maximum atomic E-state index is 12.2. The minimum Gasteiger partial charge on any atom is -0.481 e. The zero-order valence-electron chi connectivity index (χ0n) is 12.8. The predicted octanol–water partition coefficient (Wildman–Crippen LogP) is 1.51. The summed E-state index contributed by atoms with van der Waals surface area (Å²) < 4.78 is 5.43. The summed E-state index contributed by atoms with van der Waals surface area (Å²) in [5, 5.41) is 3.06. The van der Waals surface area contributed by atoms with Crippen LogP contribution in [0.5, 0.6) is 5.75 Å². The Bertz CT molecular complexity index is 510. The summed E-state index contributed by atoms with van der Waals surface area (Å²) in [5.41, 5.74) is 2.62. The van der Waals surface area contributed by atoms with Gasteiger partial charge in [-0.1, -0.05) is 19.3 Å². The van der Waals surface area contributed by atoms with Crippen molar-refractivity contribution in [3.8, 4) is 5.75 Å². The summed E-state index contributed by atoms with van der Waals surface area (Å²) in [6.45, 7) is 1.60. The molecule has 22 heavy (non-hydrogen) atoms. The summed E-state index contributed by atoms with van der Waals surface area (Å²) in [6, 6.07) is 7.03. The van der Waals surface area contributed by atoms with Gasteiger partial charge in [0.1, 0.15) is 5.75 Å². The summed E-state index contributed by atoms with van der Waals surface area (Å²) >= 11 is 0. The van der Waals surface area contributed by atoms with E-state index in [4.69, 9.17) is 10.6 Å². The van der Waals surface area contributed by atoms with Crippen LogP contribution in [-0.2, 0) is 4.79 Å². The van der Waals surface area contributed by atoms with Crippen molar-refractivity contribution in [3.63, 3.8) is 0 Å². The molecule has 1 aromatic carbocycles. The maximum Gasteiger partial charge on any atom is 0.274 e. The average Bonchev–Trinajstić information content (AvgIpc) is 2.55. The van der Waals surface area contributed by atoms with Crippen molar-refractivity contribution in [1.82, 2.24) is 10.7 Å². The van der Waals surface area contributed by atoms with Gasteiger partial charge in [0, 0.05) is 11.6 Å². The molecule has 0 radical (unpaired) electrons. The topological polar surface area (TPSA) is 93.4 Å². The van der Waals surface area contributed by atoms with E-state index >= 15 is 0 Å². The third kappa shape index (κ3) is 4.46. The van der Waals surface area contributed by atoms with Crippen molar-refractivity contribution in [2.24, 2.45) is 5.84 Å². The highest BCUT2D eigenvalue weighted by atomic mass is 16.5. The lowest BCUT2D eigenvalue weighted by Crippen LogP contribution is -2.40. The normalized spacial score (nSPS) is 16.6. The molecule has 120 valence electrons. The Balaban J connectivity index is 1.90. The molecule has 0 saturated heterocycles. The van der Waals surface area contributed by atoms with E-state index in [0.717, 1.165) is 12.8 Å². The third-order valence-corrected chi connectivity index (χ3v) is 3.88. The molecule has 0 bridgehead atoms. The first-order valence-electron chi connectivity index (χ1n) is 7.68. The highest BCUT2D eigenvalue weighted by molar-refractivity contribution is 5.94. The lowest BCUT2D eigenvalue weighted by molar-refractivity contribution is -0.127. The van der Waals surface area contributed by atoms with Gasteiger partial charge in [0.25, 0.3) is 11.8 Å². The Morgan fingerprint density at radius 2 is 1.82 bits per heavy atom. The number of carbonyl (C=O) groups is 2. The van der Waals surface area contributed by atoms with Crippen LogP contribution in [0.2, 0.25) is 0 Å². The van der Waals surface area contributed by atoms with E-state index < -0.39 is 12.0 Å². The SMILES string of the molecule is C[C@@H](Oc1ccc(C(=O)NC2CCCCC2)cc1)C(=O)NN. The van der Waals surface area contributed by atoms with Gasteiger partial charge in [-0.3, -0.25) is 15.0 Å². The standard InChI is InChI=1S/C16H23N3O3/c1-11(15(20)19-17)22-14-9-7-12(8-10-14)16(21)18-13-5-3-2-4-6-13/h7-11,13H,2-6,17H2,1H3,(H,18,21)(H,19,20)/t11-/m1/s1. The fourth-order valence-corrected chi connectivity index (χ4v) is 2.58. The number of hydrogen-bond donors (Lipinski definition) is 3. The molecule has 2 rings (SSSR count). The number of hydrazine groups is 1. The molecule has 1 fully saturated rings. The number of nitrogens with two attached hydrogens (primary N) is 1. The first kappa shape index (κ1) is 16.3. The molecule has 0 heterocycles. The van der Waals surface area contributed by atoms with Crippen LogP contribution in [0.3, 0.4) is 0 Å². The van der Waals surface area contributed by atoms with E-state index in [9.17, 15) is 9.59 Å². The molecular formula is C16H23N3O3. The fraction of sp³-hybridized carbons (Fsp3) is 0.500. The lowest BCUT2D eigenvalue weighted by Gasteiger charge is -2.22. The summed E-state index contributed by atoms with van der Waals surface area (Å²) in [7, 11) is 0. The molecule has 1 aliphatic rings. The second-order valence-electron chi connectivity index (χ2n) is 5.60. The van der Waals surface area contributed by atoms with Crippen molar-refractivity contribution in [1.29, 1.82) is 0 Å². The first-order valence-corrected chi connectivity index (χ1v) is 7.68. The number of amides is 2. The maximum absolute atomic E-state index is 12.2. The summed E-state index contributed by atoms with van der Waals surface area (Å²) in [5.74, 6) is 5.10. The van der Waals surface area contributed by atoms with Crippen molar-refractivity contribution in [2.75, 3.05) is 0 Å². The van der Waals surface area contributed by atoms with Gasteiger partial charge in [-0.15, -0.1) is 0 Å². The Kier molecular flexibility index (Phi) is 5.77. The van der Waals surface area contributed by atoms with Crippen LogP contribution in [0.15, 0.2) is 24.3 Å². The molecule has 0 aliphatic heterocycles. The van der Waals surface area contributed by atoms with Gasteiger partial charge >= 0.3 is 0 Å². The lowest BCUT2D eigenvalue weighted by atomic mass is 9.95. The van der Waals surface area contributed by atoms with E-state index in [2.05, 4.69) is 5.32 Å². The molecular weight excluding hydrogens is 282 g/mol. The van der Waals surface area contributed by atoms with Crippen LogP contribution < -0.4 is 21.3 Å². The highest BCUT2D eigenvalue weighted by Gasteiger charge is 2.17. The highest BCUT2D eigenvalue weighted by Crippen LogP contribution is 2.18. The average molecular weight is 305 g/mol. The monoisotopic (exact) mass is 305 g/mol. The number of carbonyl (C=O) groups excluding carboxylic acids is 2. The van der Waals surface area contributed by atoms with E-state index in [1.165, 1.54) is 19.3 Å². The zero-order valence-corrected chi connectivity index (χ0v) is 12.8. The van der Waals surface area contributed by atoms with E-state index in [0.29, 0.717) is 11.3 Å². The minimum atomic E-state index is -0.688. The number of hydrogen-bond acceptors (Lipinski definition) is 4. The Labute approximate surface area is 130 Å². The molecule has 1 aromatic rings. The second kappa shape index (κ2) is 7.79. The Morgan fingerprint density at radius 1 is 1.18 bits per heavy atom. The van der Waals surface area contributed by atoms with Crippen LogP contribution in [0.1, 0.15) is 49.4 Å². The van der Waals surface area contributed by atoms with Crippen LogP contribution >= 0.6 is 0 Å². The first-order chi connectivity index (χ1) is 10.6. The van der Waals surface area contributed by atoms with Crippen molar-refractivity contribution >= 4 is 11.8 Å². The number of benzene rings is 1. The van der Waals surface area contributed by atoms with Gasteiger partial charge in [0.15, 0.2) is 6.10 Å². The molecule has 0 aromatic heterocycles. The third-order valence-electron chi connectivity index (χ3n) is 3.88. The molecule has 2 amide bonds. The molecule has 1 atom stereocenters. The van der Waals surface area contributed by atoms with Crippen LogP contribution in [0.25, 0.3) is 0 Å². The van der Waals surface area contributed by atoms with Crippen LogP contribution in [-0.4, -0.2) is 24.0 Å². The number of ether oxygens (including phenoxy) is 1. The molecule has 1 aliphatic carbocycles. The minimum absolute atomic E-state index is 0.0637. The van der Waals surface area contributed by atoms with E-state index in [-0.39, 0.29) is 11.9 Å². The fourth-order valence-electron chi connectivity index (χ4n) is 2.58. The molecule has 4 N–H and O–H groups in total. The van der Waals surface area contributed by atoms with Gasteiger partial charge in [0.2, 0.25) is 0 Å².